The van der Waals surface area contributed by atoms with Crippen LogP contribution in [0.3, 0.4) is 0 Å². The molecule has 1 unspecified atom stereocenters. The lowest BCUT2D eigenvalue weighted by Gasteiger charge is -2.50. The Hall–Kier alpha value is -1.09. The quantitative estimate of drug-likeness (QED) is 0.659. The molecule has 1 aromatic heterocycles. The number of carbonyl (C=O) groups is 1. The highest BCUT2D eigenvalue weighted by Gasteiger charge is 2.51. The van der Waals surface area contributed by atoms with Crippen LogP contribution in [0.15, 0.2) is 6.20 Å². The lowest BCUT2D eigenvalue weighted by atomic mass is 9.64. The highest BCUT2D eigenvalue weighted by atomic mass is 35.5. The maximum absolute atomic E-state index is 13.1. The summed E-state index contributed by atoms with van der Waals surface area (Å²) in [4.78, 5) is 18.8. The van der Waals surface area contributed by atoms with E-state index in [1.54, 1.807) is 4.90 Å². The third-order valence-electron chi connectivity index (χ3n) is 6.87. The summed E-state index contributed by atoms with van der Waals surface area (Å²) in [7, 11) is 0. The van der Waals surface area contributed by atoms with Crippen LogP contribution in [0.2, 0.25) is 10.0 Å². The molecule has 0 spiro atoms. The zero-order chi connectivity index (χ0) is 23.1. The van der Waals surface area contributed by atoms with Crippen molar-refractivity contribution in [3.05, 3.63) is 27.5 Å². The molecule has 1 saturated carbocycles. The first-order valence-electron chi connectivity index (χ1n) is 10.5. The number of hydrogen-bond acceptors (Lipinski definition) is 4. The van der Waals surface area contributed by atoms with Crippen LogP contribution in [-0.2, 0) is 11.2 Å². The van der Waals surface area contributed by atoms with E-state index in [2.05, 4.69) is 4.98 Å². The normalized spacial score (nSPS) is 28.7. The van der Waals surface area contributed by atoms with Gasteiger partial charge in [0.1, 0.15) is 0 Å². The summed E-state index contributed by atoms with van der Waals surface area (Å²) in [5.41, 5.74) is 0.611. The van der Waals surface area contributed by atoms with Crippen molar-refractivity contribution in [3.8, 4) is 0 Å². The van der Waals surface area contributed by atoms with Crippen molar-refractivity contribution < 1.29 is 28.2 Å². The number of amides is 1. The number of halogens is 5. The lowest BCUT2D eigenvalue weighted by molar-refractivity contribution is -0.233. The zero-order valence-electron chi connectivity index (χ0n) is 17.4. The highest BCUT2D eigenvalue weighted by Crippen LogP contribution is 2.47. The number of aromatic nitrogens is 1. The second-order valence-corrected chi connectivity index (χ2v) is 9.45. The third-order valence-corrected chi connectivity index (χ3v) is 7.62. The first-order valence-corrected chi connectivity index (χ1v) is 11.2. The van der Waals surface area contributed by atoms with E-state index in [1.807, 2.05) is 6.92 Å². The van der Waals surface area contributed by atoms with E-state index < -0.39 is 24.3 Å². The van der Waals surface area contributed by atoms with Crippen LogP contribution in [0, 0.1) is 17.8 Å². The molecule has 1 aliphatic carbocycles. The molecule has 6 atom stereocenters. The summed E-state index contributed by atoms with van der Waals surface area (Å²) >= 11 is 12.5. The molecule has 10 heteroatoms. The van der Waals surface area contributed by atoms with Gasteiger partial charge in [0.25, 0.3) is 0 Å². The lowest BCUT2D eigenvalue weighted by Crippen LogP contribution is -2.55. The molecule has 1 saturated heterocycles. The topological polar surface area (TPSA) is 73.7 Å². The molecule has 31 heavy (non-hydrogen) atoms. The standard InChI is InChI=1S/C21H27Cl2F3N2O3/c1-10-12-4-3-5-14(20(31)21(24,25)26)13(12)6-7-28(10)17(30)8-15-16(22)9-27-19(11(2)29)18(15)23/h9-14,20,29,31H,3-8H2,1-2H3/t10-,11?,12+,13+,14+,20-/m0/s1. The molecule has 1 aliphatic heterocycles. The molecular formula is C21H27Cl2F3N2O3. The van der Waals surface area contributed by atoms with Crippen molar-refractivity contribution in [3.63, 3.8) is 0 Å². The fraction of sp³-hybridized carbons (Fsp3) is 0.714. The monoisotopic (exact) mass is 482 g/mol. The molecule has 0 aromatic carbocycles. The summed E-state index contributed by atoms with van der Waals surface area (Å²) in [6.45, 7) is 3.68. The van der Waals surface area contributed by atoms with Crippen LogP contribution in [0.25, 0.3) is 0 Å². The Balaban J connectivity index is 1.77. The van der Waals surface area contributed by atoms with Crippen molar-refractivity contribution in [2.75, 3.05) is 6.54 Å². The smallest absolute Gasteiger partial charge is 0.387 e. The van der Waals surface area contributed by atoms with Gasteiger partial charge in [0.15, 0.2) is 6.10 Å². The maximum atomic E-state index is 13.1. The number of fused-ring (bicyclic) bond motifs is 1. The molecule has 0 radical (unpaired) electrons. The number of piperidine rings is 1. The summed E-state index contributed by atoms with van der Waals surface area (Å²) < 4.78 is 39.4. The molecule has 0 bridgehead atoms. The van der Waals surface area contributed by atoms with Gasteiger partial charge in [0, 0.05) is 24.3 Å². The number of aliphatic hydroxyl groups is 2. The first-order chi connectivity index (χ1) is 14.4. The molecule has 5 nitrogen and oxygen atoms in total. The van der Waals surface area contributed by atoms with Gasteiger partial charge in [-0.25, -0.2) is 0 Å². The van der Waals surface area contributed by atoms with Crippen LogP contribution in [0.4, 0.5) is 13.2 Å². The summed E-state index contributed by atoms with van der Waals surface area (Å²) in [6, 6.07) is -0.259. The minimum Gasteiger partial charge on any atom is -0.387 e. The molecule has 1 aromatic rings. The predicted molar refractivity (Wildman–Crippen MR) is 111 cm³/mol. The van der Waals surface area contributed by atoms with E-state index in [-0.39, 0.29) is 45.9 Å². The molecule has 3 rings (SSSR count). The van der Waals surface area contributed by atoms with E-state index in [0.29, 0.717) is 31.4 Å². The van der Waals surface area contributed by atoms with Gasteiger partial charge in [-0.3, -0.25) is 9.78 Å². The van der Waals surface area contributed by atoms with Crippen LogP contribution < -0.4 is 0 Å². The predicted octanol–water partition coefficient (Wildman–Crippen LogP) is 4.56. The Morgan fingerprint density at radius 1 is 1.26 bits per heavy atom. The first kappa shape index (κ1) is 24.6. The van der Waals surface area contributed by atoms with Gasteiger partial charge < -0.3 is 15.1 Å². The number of likely N-dealkylation sites (tertiary alicyclic amines) is 1. The van der Waals surface area contributed by atoms with E-state index in [9.17, 15) is 28.2 Å². The summed E-state index contributed by atoms with van der Waals surface area (Å²) in [5, 5.41) is 20.1. The van der Waals surface area contributed by atoms with Gasteiger partial charge in [-0.1, -0.05) is 29.6 Å². The van der Waals surface area contributed by atoms with Gasteiger partial charge in [-0.2, -0.15) is 13.2 Å². The Morgan fingerprint density at radius 3 is 2.55 bits per heavy atom. The Labute approximate surface area is 189 Å². The minimum absolute atomic E-state index is 0.0871. The van der Waals surface area contributed by atoms with Gasteiger partial charge in [-0.15, -0.1) is 0 Å². The Kier molecular flexibility index (Phi) is 7.46. The van der Waals surface area contributed by atoms with E-state index >= 15 is 0 Å². The number of pyridine rings is 1. The maximum Gasteiger partial charge on any atom is 0.414 e. The second-order valence-electron chi connectivity index (χ2n) is 8.66. The van der Waals surface area contributed by atoms with Crippen LogP contribution in [0.1, 0.15) is 56.9 Å². The minimum atomic E-state index is -4.64. The number of carbonyl (C=O) groups excluding carboxylic acids is 1. The van der Waals surface area contributed by atoms with Crippen molar-refractivity contribution >= 4 is 29.1 Å². The van der Waals surface area contributed by atoms with Crippen molar-refractivity contribution in [2.45, 2.75) is 70.4 Å². The molecule has 2 fully saturated rings. The van der Waals surface area contributed by atoms with Crippen molar-refractivity contribution in [1.82, 2.24) is 9.88 Å². The van der Waals surface area contributed by atoms with Gasteiger partial charge in [0.2, 0.25) is 5.91 Å². The average Bonchev–Trinajstić information content (AvgIpc) is 2.69. The fourth-order valence-corrected chi connectivity index (χ4v) is 5.93. The van der Waals surface area contributed by atoms with Crippen LogP contribution in [-0.4, -0.2) is 50.9 Å². The van der Waals surface area contributed by atoms with Crippen molar-refractivity contribution in [2.24, 2.45) is 17.8 Å². The zero-order valence-corrected chi connectivity index (χ0v) is 18.9. The second kappa shape index (κ2) is 9.41. The molecule has 2 N–H and O–H groups in total. The molecule has 174 valence electrons. The highest BCUT2D eigenvalue weighted by molar-refractivity contribution is 6.36. The van der Waals surface area contributed by atoms with E-state index in [4.69, 9.17) is 23.2 Å². The van der Waals surface area contributed by atoms with Gasteiger partial charge in [-0.05, 0) is 50.9 Å². The number of aliphatic hydroxyl groups excluding tert-OH is 2. The number of alkyl halides is 3. The molecule has 2 aliphatic rings. The number of rotatable bonds is 4. The Bertz CT molecular complexity index is 822. The Morgan fingerprint density at radius 2 is 1.94 bits per heavy atom. The van der Waals surface area contributed by atoms with Crippen LogP contribution >= 0.6 is 23.2 Å². The molecular weight excluding hydrogens is 456 g/mol. The summed E-state index contributed by atoms with van der Waals surface area (Å²) in [6.07, 6.45) is -4.57. The SMILES string of the molecule is CC(O)c1ncc(Cl)c(CC(=O)N2CC[C@H]3[C@H]([C@H](O)C(F)(F)F)CCC[C@@H]3[C@@H]2C)c1Cl. The molecule has 1 amide bonds. The van der Waals surface area contributed by atoms with E-state index in [1.165, 1.54) is 13.1 Å². The third kappa shape index (κ3) is 4.97. The van der Waals surface area contributed by atoms with Crippen LogP contribution in [0.5, 0.6) is 0 Å². The average molecular weight is 483 g/mol. The fourth-order valence-electron chi connectivity index (χ4n) is 5.30. The summed E-state index contributed by atoms with van der Waals surface area (Å²) in [5.74, 6) is -1.45. The number of hydrogen-bond donors (Lipinski definition) is 2. The van der Waals surface area contributed by atoms with Gasteiger partial charge >= 0.3 is 6.18 Å². The largest absolute Gasteiger partial charge is 0.414 e. The number of nitrogens with zero attached hydrogens (tertiary/aromatic N) is 2. The molecule has 2 heterocycles. The van der Waals surface area contributed by atoms with E-state index in [0.717, 1.165) is 6.42 Å². The van der Waals surface area contributed by atoms with Gasteiger partial charge in [0.05, 0.1) is 28.3 Å². The van der Waals surface area contributed by atoms with Crippen molar-refractivity contribution in [1.29, 1.82) is 0 Å².